The van der Waals surface area contributed by atoms with Crippen molar-refractivity contribution < 1.29 is 17.9 Å². The number of rotatable bonds is 5. The predicted molar refractivity (Wildman–Crippen MR) is 72.8 cm³/mol. The smallest absolute Gasteiger partial charge is 0.168 e. The highest BCUT2D eigenvalue weighted by Crippen LogP contribution is 2.41. The molecular weight excluding hydrogens is 323 g/mol. The summed E-state index contributed by atoms with van der Waals surface area (Å²) >= 11 is 3.16. The van der Waals surface area contributed by atoms with E-state index in [1.807, 2.05) is 0 Å². The van der Waals surface area contributed by atoms with E-state index in [0.717, 1.165) is 0 Å². The van der Waals surface area contributed by atoms with Crippen LogP contribution in [0.5, 0.6) is 0 Å². The largest absolute Gasteiger partial charge is 0.386 e. The van der Waals surface area contributed by atoms with Gasteiger partial charge in [0, 0.05) is 5.75 Å². The molecular formula is C12H16BrFO3S. The number of sulfone groups is 1. The number of alkyl halides is 1. The highest BCUT2D eigenvalue weighted by Gasteiger charge is 2.45. The quantitative estimate of drug-likeness (QED) is 0.840. The van der Waals surface area contributed by atoms with E-state index in [-0.39, 0.29) is 12.2 Å². The van der Waals surface area contributed by atoms with Crippen molar-refractivity contribution in [2.75, 3.05) is 5.75 Å². The van der Waals surface area contributed by atoms with Gasteiger partial charge in [-0.3, -0.25) is 0 Å². The Bertz CT molecular complexity index is 501. The third-order valence-corrected chi connectivity index (χ3v) is 7.75. The maximum absolute atomic E-state index is 12.8. The Hall–Kier alpha value is -0.460. The summed E-state index contributed by atoms with van der Waals surface area (Å²) < 4.78 is 35.5. The van der Waals surface area contributed by atoms with Crippen LogP contribution in [0.1, 0.15) is 31.9 Å². The zero-order chi connectivity index (χ0) is 14.0. The van der Waals surface area contributed by atoms with Gasteiger partial charge < -0.3 is 5.11 Å². The number of hydrogen-bond acceptors (Lipinski definition) is 3. The van der Waals surface area contributed by atoms with E-state index in [9.17, 15) is 17.9 Å². The highest BCUT2D eigenvalue weighted by molar-refractivity contribution is 9.11. The van der Waals surface area contributed by atoms with Crippen LogP contribution in [0, 0.1) is 5.82 Å². The van der Waals surface area contributed by atoms with E-state index in [1.165, 1.54) is 31.2 Å². The molecule has 0 spiro atoms. The number of hydrogen-bond donors (Lipinski definition) is 1. The number of aliphatic hydroxyl groups excluding tert-OH is 1. The van der Waals surface area contributed by atoms with Crippen molar-refractivity contribution in [3.63, 3.8) is 0 Å². The van der Waals surface area contributed by atoms with Crippen LogP contribution < -0.4 is 0 Å². The Balaban J connectivity index is 3.21. The lowest BCUT2D eigenvalue weighted by atomic mass is 10.0. The van der Waals surface area contributed by atoms with E-state index < -0.39 is 25.4 Å². The zero-order valence-electron chi connectivity index (χ0n) is 10.2. The summed E-state index contributed by atoms with van der Waals surface area (Å²) in [5.41, 5.74) is 0.368. The number of benzene rings is 1. The third kappa shape index (κ3) is 2.75. The Kier molecular flexibility index (Phi) is 4.91. The van der Waals surface area contributed by atoms with Crippen molar-refractivity contribution in [2.24, 2.45) is 0 Å². The second-order valence-electron chi connectivity index (χ2n) is 4.00. The van der Waals surface area contributed by atoms with Gasteiger partial charge in [0.05, 0.1) is 0 Å². The summed E-state index contributed by atoms with van der Waals surface area (Å²) in [7, 11) is -3.49. The van der Waals surface area contributed by atoms with Gasteiger partial charge in [0.2, 0.25) is 0 Å². The molecule has 0 bridgehead atoms. The first-order valence-electron chi connectivity index (χ1n) is 5.63. The predicted octanol–water partition coefficient (Wildman–Crippen LogP) is 2.80. The van der Waals surface area contributed by atoms with Gasteiger partial charge in [-0.1, -0.05) is 41.9 Å². The first kappa shape index (κ1) is 15.6. The maximum atomic E-state index is 12.8. The minimum absolute atomic E-state index is 0.0790. The Morgan fingerprint density at radius 2 is 1.83 bits per heavy atom. The van der Waals surface area contributed by atoms with Crippen molar-refractivity contribution in [3.8, 4) is 0 Å². The second-order valence-corrected chi connectivity index (χ2v) is 8.47. The van der Waals surface area contributed by atoms with E-state index >= 15 is 0 Å². The van der Waals surface area contributed by atoms with E-state index in [1.54, 1.807) is 6.92 Å². The van der Waals surface area contributed by atoms with E-state index in [2.05, 4.69) is 15.9 Å². The molecule has 1 aromatic carbocycles. The van der Waals surface area contributed by atoms with Crippen LogP contribution in [0.3, 0.4) is 0 Å². The second kappa shape index (κ2) is 5.67. The molecule has 102 valence electrons. The average molecular weight is 339 g/mol. The fraction of sp³-hybridized carbons (Fsp3) is 0.500. The molecule has 18 heavy (non-hydrogen) atoms. The van der Waals surface area contributed by atoms with Crippen molar-refractivity contribution in [3.05, 3.63) is 35.6 Å². The van der Waals surface area contributed by atoms with Crippen LogP contribution in [0.2, 0.25) is 0 Å². The molecule has 0 saturated heterocycles. The van der Waals surface area contributed by atoms with Gasteiger partial charge in [-0.2, -0.15) is 0 Å². The monoisotopic (exact) mass is 338 g/mol. The Morgan fingerprint density at radius 3 is 2.22 bits per heavy atom. The van der Waals surface area contributed by atoms with Crippen LogP contribution in [0.25, 0.3) is 0 Å². The Labute approximate surface area is 115 Å². The van der Waals surface area contributed by atoms with Gasteiger partial charge in [-0.25, -0.2) is 12.8 Å². The molecule has 6 heteroatoms. The number of halogens is 2. The van der Waals surface area contributed by atoms with Crippen LogP contribution in [-0.4, -0.2) is 22.9 Å². The van der Waals surface area contributed by atoms with Crippen LogP contribution in [0.4, 0.5) is 4.39 Å². The first-order valence-corrected chi connectivity index (χ1v) is 8.07. The molecule has 1 rings (SSSR count). The van der Waals surface area contributed by atoms with E-state index in [4.69, 9.17) is 0 Å². The minimum Gasteiger partial charge on any atom is -0.386 e. The summed E-state index contributed by atoms with van der Waals surface area (Å²) in [4.78, 5) is 0. The molecule has 0 saturated carbocycles. The lowest BCUT2D eigenvalue weighted by Crippen LogP contribution is -2.39. The molecule has 1 aromatic rings. The summed E-state index contributed by atoms with van der Waals surface area (Å²) in [5.74, 6) is -0.509. The van der Waals surface area contributed by atoms with Crippen LogP contribution >= 0.6 is 15.9 Å². The molecule has 2 atom stereocenters. The topological polar surface area (TPSA) is 54.4 Å². The van der Waals surface area contributed by atoms with Gasteiger partial charge in [0.25, 0.3) is 0 Å². The molecule has 0 aliphatic heterocycles. The molecule has 0 fully saturated rings. The molecule has 0 radical (unpaired) electrons. The zero-order valence-corrected chi connectivity index (χ0v) is 12.6. The van der Waals surface area contributed by atoms with E-state index in [0.29, 0.717) is 5.56 Å². The summed E-state index contributed by atoms with van der Waals surface area (Å²) in [6, 6.07) is 5.16. The normalized spacial score (nSPS) is 17.2. The minimum atomic E-state index is -3.49. The fourth-order valence-corrected chi connectivity index (χ4v) is 4.06. The lowest BCUT2D eigenvalue weighted by Gasteiger charge is -2.31. The summed E-state index contributed by atoms with van der Waals surface area (Å²) in [6.45, 7) is 3.20. The molecule has 0 unspecified atom stereocenters. The molecule has 0 amide bonds. The van der Waals surface area contributed by atoms with Gasteiger partial charge in [-0.05, 0) is 24.1 Å². The van der Waals surface area contributed by atoms with Crippen LogP contribution in [0.15, 0.2) is 24.3 Å². The summed E-state index contributed by atoms with van der Waals surface area (Å²) in [5, 5.41) is 10.2. The van der Waals surface area contributed by atoms with Gasteiger partial charge >= 0.3 is 0 Å². The van der Waals surface area contributed by atoms with Gasteiger partial charge in [0.15, 0.2) is 13.5 Å². The van der Waals surface area contributed by atoms with Gasteiger partial charge in [-0.15, -0.1) is 0 Å². The number of aliphatic hydroxyl groups is 1. The lowest BCUT2D eigenvalue weighted by molar-refractivity contribution is 0.160. The maximum Gasteiger partial charge on any atom is 0.168 e. The molecule has 0 aliphatic rings. The van der Waals surface area contributed by atoms with Crippen LogP contribution in [-0.2, 0) is 9.84 Å². The standard InChI is InChI=1S/C12H16BrFO3S/c1-3-12(13,18(16,17)4-2)11(15)9-5-7-10(14)8-6-9/h5-8,11,15H,3-4H2,1-2H3/t11-,12+/m1/s1. The molecule has 0 aliphatic carbocycles. The third-order valence-electron chi connectivity index (χ3n) is 2.97. The first-order chi connectivity index (χ1) is 8.28. The van der Waals surface area contributed by atoms with Crippen molar-refractivity contribution >= 4 is 25.8 Å². The molecule has 1 N–H and O–H groups in total. The summed E-state index contributed by atoms with van der Waals surface area (Å²) in [6.07, 6.45) is -1.03. The molecule has 0 heterocycles. The van der Waals surface area contributed by atoms with Crippen molar-refractivity contribution in [2.45, 2.75) is 30.0 Å². The SMILES string of the molecule is CC[C@@](Br)([C@H](O)c1ccc(F)cc1)S(=O)(=O)CC. The van der Waals surface area contributed by atoms with Crippen molar-refractivity contribution in [1.29, 1.82) is 0 Å². The average Bonchev–Trinajstić information content (AvgIpc) is 2.37. The Morgan fingerprint density at radius 1 is 1.33 bits per heavy atom. The van der Waals surface area contributed by atoms with Crippen molar-refractivity contribution in [1.82, 2.24) is 0 Å². The highest BCUT2D eigenvalue weighted by atomic mass is 79.9. The van der Waals surface area contributed by atoms with Gasteiger partial charge in [0.1, 0.15) is 11.9 Å². The fourth-order valence-electron chi connectivity index (χ4n) is 1.72. The molecule has 0 aromatic heterocycles. The molecule has 3 nitrogen and oxygen atoms in total.